The van der Waals surface area contributed by atoms with Crippen molar-refractivity contribution in [3.8, 4) is 5.75 Å². The number of sulfonamides is 1. The van der Waals surface area contributed by atoms with Crippen LogP contribution in [0.15, 0.2) is 29.2 Å². The smallest absolute Gasteiger partial charge is 0.406 e. The number of rotatable bonds is 4. The van der Waals surface area contributed by atoms with Crippen molar-refractivity contribution < 1.29 is 35.8 Å². The zero-order chi connectivity index (χ0) is 16.4. The Morgan fingerprint density at radius 3 is 2.45 bits per heavy atom. The number of methoxy groups -OCH3 is 1. The Labute approximate surface area is 125 Å². The summed E-state index contributed by atoms with van der Waals surface area (Å²) in [6.45, 7) is 0.329. The van der Waals surface area contributed by atoms with E-state index in [0.717, 1.165) is 28.6 Å². The fourth-order valence-corrected chi connectivity index (χ4v) is 3.33. The minimum absolute atomic E-state index is 0.0135. The number of ether oxygens (including phenoxy) is 3. The summed E-state index contributed by atoms with van der Waals surface area (Å²) < 4.78 is 76.0. The highest BCUT2D eigenvalue weighted by atomic mass is 32.2. The molecule has 1 atom stereocenters. The molecule has 1 aliphatic heterocycles. The first-order valence-electron chi connectivity index (χ1n) is 6.23. The average molecular weight is 341 g/mol. The first-order valence-corrected chi connectivity index (χ1v) is 7.67. The predicted octanol–water partition coefficient (Wildman–Crippen LogP) is 1.58. The number of hydrogen-bond acceptors (Lipinski definition) is 5. The Balaban J connectivity index is 2.15. The molecular weight excluding hydrogens is 327 g/mol. The van der Waals surface area contributed by atoms with Gasteiger partial charge in [0.1, 0.15) is 5.75 Å². The fraction of sp³-hybridized carbons (Fsp3) is 0.500. The van der Waals surface area contributed by atoms with Gasteiger partial charge in [0, 0.05) is 13.7 Å². The first kappa shape index (κ1) is 17.0. The van der Waals surface area contributed by atoms with Gasteiger partial charge in [-0.2, -0.15) is 4.31 Å². The predicted molar refractivity (Wildman–Crippen MR) is 68.6 cm³/mol. The molecule has 1 aromatic rings. The van der Waals surface area contributed by atoms with Crippen LogP contribution >= 0.6 is 0 Å². The highest BCUT2D eigenvalue weighted by Crippen LogP contribution is 2.25. The third kappa shape index (κ3) is 4.09. The van der Waals surface area contributed by atoms with Crippen LogP contribution in [0.1, 0.15) is 0 Å². The van der Waals surface area contributed by atoms with Crippen molar-refractivity contribution >= 4 is 10.0 Å². The lowest BCUT2D eigenvalue weighted by atomic mass is 10.3. The maximum Gasteiger partial charge on any atom is 0.573 e. The maximum absolute atomic E-state index is 12.4. The molecule has 1 saturated heterocycles. The SMILES string of the molecule is COC1CN(S(=O)(=O)c2ccc(OC(F)(F)F)cc2)CCO1. The van der Waals surface area contributed by atoms with E-state index in [1.807, 2.05) is 0 Å². The lowest BCUT2D eigenvalue weighted by molar-refractivity contribution is -0.274. The van der Waals surface area contributed by atoms with Crippen LogP contribution in [0.2, 0.25) is 0 Å². The molecule has 1 unspecified atom stereocenters. The van der Waals surface area contributed by atoms with Crippen LogP contribution in [0, 0.1) is 0 Å². The van der Waals surface area contributed by atoms with Crippen molar-refractivity contribution in [2.45, 2.75) is 17.5 Å². The molecule has 0 aromatic heterocycles. The van der Waals surface area contributed by atoms with E-state index in [0.29, 0.717) is 0 Å². The summed E-state index contributed by atoms with van der Waals surface area (Å²) in [6.07, 6.45) is -5.49. The van der Waals surface area contributed by atoms with E-state index in [1.54, 1.807) is 0 Å². The van der Waals surface area contributed by atoms with Gasteiger partial charge in [-0.05, 0) is 24.3 Å². The Morgan fingerprint density at radius 1 is 1.27 bits per heavy atom. The highest BCUT2D eigenvalue weighted by Gasteiger charge is 2.33. The third-order valence-electron chi connectivity index (χ3n) is 2.96. The molecule has 2 rings (SSSR count). The lowest BCUT2D eigenvalue weighted by Gasteiger charge is -2.31. The van der Waals surface area contributed by atoms with Gasteiger partial charge in [0.2, 0.25) is 10.0 Å². The van der Waals surface area contributed by atoms with Crippen LogP contribution in [-0.2, 0) is 19.5 Å². The van der Waals surface area contributed by atoms with E-state index < -0.39 is 28.4 Å². The van der Waals surface area contributed by atoms with E-state index in [1.165, 1.54) is 7.11 Å². The van der Waals surface area contributed by atoms with Gasteiger partial charge in [0.25, 0.3) is 0 Å². The number of morpholine rings is 1. The number of benzene rings is 1. The van der Waals surface area contributed by atoms with E-state index in [2.05, 4.69) is 4.74 Å². The molecule has 1 aliphatic rings. The molecule has 10 heteroatoms. The molecule has 0 aliphatic carbocycles. The van der Waals surface area contributed by atoms with Crippen LogP contribution < -0.4 is 4.74 Å². The monoisotopic (exact) mass is 341 g/mol. The van der Waals surface area contributed by atoms with Crippen molar-refractivity contribution in [2.24, 2.45) is 0 Å². The molecule has 1 heterocycles. The van der Waals surface area contributed by atoms with Gasteiger partial charge in [-0.15, -0.1) is 13.2 Å². The summed E-state index contributed by atoms with van der Waals surface area (Å²) in [5.74, 6) is -0.483. The number of alkyl halides is 3. The molecule has 22 heavy (non-hydrogen) atoms. The number of hydrogen-bond donors (Lipinski definition) is 0. The maximum atomic E-state index is 12.4. The number of halogens is 3. The molecule has 124 valence electrons. The normalized spacial score (nSPS) is 20.8. The molecule has 1 aromatic carbocycles. The van der Waals surface area contributed by atoms with E-state index in [-0.39, 0.29) is 24.6 Å². The molecule has 0 radical (unpaired) electrons. The van der Waals surface area contributed by atoms with Crippen LogP contribution in [0.3, 0.4) is 0 Å². The quantitative estimate of drug-likeness (QED) is 0.832. The van der Waals surface area contributed by atoms with Crippen molar-refractivity contribution in [1.82, 2.24) is 4.31 Å². The summed E-state index contributed by atoms with van der Waals surface area (Å²) >= 11 is 0. The Bertz CT molecular complexity index is 602. The van der Waals surface area contributed by atoms with Gasteiger partial charge < -0.3 is 14.2 Å². The number of nitrogens with zero attached hydrogens (tertiary/aromatic N) is 1. The van der Waals surface area contributed by atoms with Crippen molar-refractivity contribution in [3.05, 3.63) is 24.3 Å². The van der Waals surface area contributed by atoms with Gasteiger partial charge >= 0.3 is 6.36 Å². The molecule has 0 N–H and O–H groups in total. The molecule has 1 fully saturated rings. The van der Waals surface area contributed by atoms with Gasteiger partial charge in [-0.1, -0.05) is 0 Å². The third-order valence-corrected chi connectivity index (χ3v) is 4.83. The molecule has 0 amide bonds. The van der Waals surface area contributed by atoms with Crippen LogP contribution in [0.4, 0.5) is 13.2 Å². The second kappa shape index (κ2) is 6.41. The van der Waals surface area contributed by atoms with Crippen LogP contribution in [0.25, 0.3) is 0 Å². The van der Waals surface area contributed by atoms with Gasteiger partial charge in [0.05, 0.1) is 18.0 Å². The van der Waals surface area contributed by atoms with Gasteiger partial charge in [-0.25, -0.2) is 8.42 Å². The van der Waals surface area contributed by atoms with Crippen LogP contribution in [0.5, 0.6) is 5.75 Å². The minimum atomic E-state index is -4.82. The Morgan fingerprint density at radius 2 is 1.91 bits per heavy atom. The van der Waals surface area contributed by atoms with E-state index in [9.17, 15) is 21.6 Å². The summed E-state index contributed by atoms with van der Waals surface area (Å²) in [5.41, 5.74) is 0. The zero-order valence-corrected chi connectivity index (χ0v) is 12.4. The average Bonchev–Trinajstić information content (AvgIpc) is 2.46. The Hall–Kier alpha value is -1.36. The topological polar surface area (TPSA) is 65.1 Å². The molecule has 0 saturated carbocycles. The molecule has 0 spiro atoms. The standard InChI is InChI=1S/C12H14F3NO5S/c1-19-11-8-16(6-7-20-11)22(17,18)10-4-2-9(3-5-10)21-12(13,14)15/h2-5,11H,6-8H2,1H3. The van der Waals surface area contributed by atoms with Crippen molar-refractivity contribution in [3.63, 3.8) is 0 Å². The first-order chi connectivity index (χ1) is 10.2. The zero-order valence-electron chi connectivity index (χ0n) is 11.5. The second-order valence-corrected chi connectivity index (χ2v) is 6.36. The largest absolute Gasteiger partial charge is 0.573 e. The molecule has 6 nitrogen and oxygen atoms in total. The van der Waals surface area contributed by atoms with Crippen LogP contribution in [-0.4, -0.2) is 52.2 Å². The summed E-state index contributed by atoms with van der Waals surface area (Å²) in [7, 11) is -2.44. The summed E-state index contributed by atoms with van der Waals surface area (Å²) in [4.78, 5) is -0.126. The van der Waals surface area contributed by atoms with E-state index in [4.69, 9.17) is 9.47 Å². The van der Waals surface area contributed by atoms with Gasteiger partial charge in [0.15, 0.2) is 6.29 Å². The Kier molecular flexibility index (Phi) is 4.95. The molecular formula is C12H14F3NO5S. The summed E-state index contributed by atoms with van der Waals surface area (Å²) in [6, 6.07) is 4.03. The molecule has 0 bridgehead atoms. The highest BCUT2D eigenvalue weighted by molar-refractivity contribution is 7.89. The fourth-order valence-electron chi connectivity index (χ4n) is 1.92. The van der Waals surface area contributed by atoms with Gasteiger partial charge in [-0.3, -0.25) is 0 Å². The minimum Gasteiger partial charge on any atom is -0.406 e. The van der Waals surface area contributed by atoms with Crippen molar-refractivity contribution in [1.29, 1.82) is 0 Å². The van der Waals surface area contributed by atoms with Crippen molar-refractivity contribution in [2.75, 3.05) is 26.8 Å². The second-order valence-electron chi connectivity index (χ2n) is 4.42. The lowest BCUT2D eigenvalue weighted by Crippen LogP contribution is -2.46. The summed E-state index contributed by atoms with van der Waals surface area (Å²) in [5, 5.41) is 0. The van der Waals surface area contributed by atoms with E-state index >= 15 is 0 Å².